The number of rotatable bonds is 3. The second kappa shape index (κ2) is 11.6. The molecule has 0 amide bonds. The molecular weight excluding hydrogens is 635 g/mol. The third-order valence-electron chi connectivity index (χ3n) is 12.5. The molecule has 52 heavy (non-hydrogen) atoms. The molecule has 4 aromatic carbocycles. The summed E-state index contributed by atoms with van der Waals surface area (Å²) >= 11 is 0. The summed E-state index contributed by atoms with van der Waals surface area (Å²) in [5.41, 5.74) is 9.77. The highest BCUT2D eigenvalue weighted by Crippen LogP contribution is 2.64. The molecule has 3 heteroatoms. The minimum absolute atomic E-state index is 0.0842. The molecule has 252 valence electrons. The maximum atomic E-state index is 7.34. The molecule has 6 unspecified atom stereocenters. The first-order valence-electron chi connectivity index (χ1n) is 18.8. The molecule has 3 heterocycles. The molecule has 3 aliphatic heterocycles. The lowest BCUT2D eigenvalue weighted by atomic mass is 9.55. The van der Waals surface area contributed by atoms with Gasteiger partial charge >= 0.3 is 0 Å². The Morgan fingerprint density at radius 3 is 2.29 bits per heavy atom. The summed E-state index contributed by atoms with van der Waals surface area (Å²) in [6.45, 7) is 0. The van der Waals surface area contributed by atoms with Crippen LogP contribution in [0.4, 0.5) is 5.69 Å². The van der Waals surface area contributed by atoms with Gasteiger partial charge in [-0.05, 0) is 72.4 Å². The van der Waals surface area contributed by atoms with Crippen LogP contribution < -0.4 is 9.64 Å². The zero-order valence-corrected chi connectivity index (χ0v) is 28.9. The first-order valence-corrected chi connectivity index (χ1v) is 18.8. The van der Waals surface area contributed by atoms with Gasteiger partial charge in [-0.1, -0.05) is 134 Å². The van der Waals surface area contributed by atoms with E-state index in [1.54, 1.807) is 0 Å². The maximum Gasteiger partial charge on any atom is 0.131 e. The number of benzene rings is 4. The van der Waals surface area contributed by atoms with E-state index < -0.39 is 5.41 Å². The van der Waals surface area contributed by atoms with E-state index in [9.17, 15) is 0 Å². The lowest BCUT2D eigenvalue weighted by Gasteiger charge is -2.52. The molecule has 0 bridgehead atoms. The zero-order valence-electron chi connectivity index (χ0n) is 28.9. The fraction of sp³-hybridized carbons (Fsp3) is 0.184. The number of fused-ring (bicyclic) bond motifs is 9. The lowest BCUT2D eigenvalue weighted by Crippen LogP contribution is -2.47. The molecule has 0 aromatic heterocycles. The van der Waals surface area contributed by atoms with E-state index >= 15 is 0 Å². The average Bonchev–Trinajstić information content (AvgIpc) is 3.56. The van der Waals surface area contributed by atoms with Crippen molar-refractivity contribution in [1.29, 1.82) is 0 Å². The largest absolute Gasteiger partial charge is 0.465 e. The molecule has 0 fully saturated rings. The summed E-state index contributed by atoms with van der Waals surface area (Å²) in [4.78, 5) is 2.64. The fourth-order valence-corrected chi connectivity index (χ4v) is 10.4. The van der Waals surface area contributed by atoms with Crippen molar-refractivity contribution >= 4 is 5.69 Å². The highest BCUT2D eigenvalue weighted by Gasteiger charge is 2.57. The van der Waals surface area contributed by atoms with Crippen LogP contribution in [0.5, 0.6) is 11.5 Å². The van der Waals surface area contributed by atoms with Crippen LogP contribution in [-0.4, -0.2) is 6.04 Å². The highest BCUT2D eigenvalue weighted by molar-refractivity contribution is 5.74. The van der Waals surface area contributed by atoms with Crippen LogP contribution in [0, 0.1) is 23.7 Å². The topological polar surface area (TPSA) is 21.7 Å². The van der Waals surface area contributed by atoms with Gasteiger partial charge in [-0.2, -0.15) is 0 Å². The van der Waals surface area contributed by atoms with Gasteiger partial charge in [0, 0.05) is 51.8 Å². The molecule has 3 nitrogen and oxygen atoms in total. The summed E-state index contributed by atoms with van der Waals surface area (Å²) in [6.07, 6.45) is 28.4. The van der Waals surface area contributed by atoms with E-state index in [1.165, 1.54) is 44.8 Å². The molecule has 0 N–H and O–H groups in total. The van der Waals surface area contributed by atoms with Crippen molar-refractivity contribution in [1.82, 2.24) is 0 Å². The smallest absolute Gasteiger partial charge is 0.131 e. The Morgan fingerprint density at radius 1 is 0.615 bits per heavy atom. The Balaban J connectivity index is 1.15. The van der Waals surface area contributed by atoms with Gasteiger partial charge in [0.05, 0.1) is 11.5 Å². The normalized spacial score (nSPS) is 28.7. The first kappa shape index (κ1) is 29.9. The summed E-state index contributed by atoms with van der Waals surface area (Å²) in [5, 5.41) is 0. The van der Waals surface area contributed by atoms with Crippen LogP contribution >= 0.6 is 0 Å². The van der Waals surface area contributed by atoms with E-state index in [0.29, 0.717) is 5.92 Å². The monoisotopic (exact) mass is 673 g/mol. The fourth-order valence-electron chi connectivity index (χ4n) is 10.4. The van der Waals surface area contributed by atoms with Crippen LogP contribution in [0.25, 0.3) is 11.1 Å². The molecule has 4 aliphatic carbocycles. The third-order valence-corrected chi connectivity index (χ3v) is 12.5. The predicted molar refractivity (Wildman–Crippen MR) is 209 cm³/mol. The van der Waals surface area contributed by atoms with Crippen LogP contribution in [-0.2, 0) is 10.2 Å². The first-order chi connectivity index (χ1) is 25.8. The number of nitrogens with zero attached hydrogens (tertiary/aromatic N) is 1. The van der Waals surface area contributed by atoms with Crippen molar-refractivity contribution in [3.63, 3.8) is 0 Å². The van der Waals surface area contributed by atoms with Crippen molar-refractivity contribution < 1.29 is 9.47 Å². The molecule has 0 saturated carbocycles. The number of para-hydroxylation sites is 2. The van der Waals surface area contributed by atoms with Gasteiger partial charge in [-0.3, -0.25) is 0 Å². The van der Waals surface area contributed by atoms with Gasteiger partial charge in [0.15, 0.2) is 0 Å². The molecule has 11 rings (SSSR count). The minimum Gasteiger partial charge on any atom is -0.465 e. The van der Waals surface area contributed by atoms with Gasteiger partial charge in [-0.25, -0.2) is 0 Å². The van der Waals surface area contributed by atoms with Crippen LogP contribution in [0.2, 0.25) is 0 Å². The SMILES string of the molecule is C1=CCC2C(=C1)OC1=C(C=CCC1C1CC=CC3=C1N(c1ccccc1)C1C=CC=CC31)C21c2ccccc2Oc2ccc(-c3ccccc3)cc21. The minimum atomic E-state index is -0.496. The quantitative estimate of drug-likeness (QED) is 0.216. The number of anilines is 1. The molecular formula is C49H39NO2. The molecule has 0 radical (unpaired) electrons. The Kier molecular flexibility index (Phi) is 6.67. The van der Waals surface area contributed by atoms with Gasteiger partial charge in [-0.15, -0.1) is 0 Å². The number of allylic oxidation sites excluding steroid dienone is 13. The van der Waals surface area contributed by atoms with Crippen LogP contribution in [0.1, 0.15) is 30.4 Å². The Hall–Kier alpha value is -5.80. The highest BCUT2D eigenvalue weighted by atomic mass is 16.5. The van der Waals surface area contributed by atoms with E-state index in [-0.39, 0.29) is 23.8 Å². The Bertz CT molecular complexity index is 2370. The number of ether oxygens (including phenoxy) is 2. The predicted octanol–water partition coefficient (Wildman–Crippen LogP) is 11.5. The van der Waals surface area contributed by atoms with Gasteiger partial charge in [0.25, 0.3) is 0 Å². The molecule has 0 saturated heterocycles. The second-order valence-corrected chi connectivity index (χ2v) is 15.0. The summed E-state index contributed by atoms with van der Waals surface area (Å²) < 4.78 is 14.2. The maximum absolute atomic E-state index is 7.34. The second-order valence-electron chi connectivity index (χ2n) is 15.0. The average molecular weight is 674 g/mol. The third kappa shape index (κ3) is 4.20. The van der Waals surface area contributed by atoms with E-state index in [2.05, 4.69) is 175 Å². The lowest BCUT2D eigenvalue weighted by molar-refractivity contribution is 0.135. The van der Waals surface area contributed by atoms with Crippen molar-refractivity contribution in [3.8, 4) is 22.6 Å². The van der Waals surface area contributed by atoms with E-state index in [1.807, 2.05) is 0 Å². The van der Waals surface area contributed by atoms with Crippen LogP contribution in [0.15, 0.2) is 198 Å². The molecule has 1 spiro atoms. The summed E-state index contributed by atoms with van der Waals surface area (Å²) in [5.74, 6) is 4.86. The molecule has 7 aliphatic rings. The van der Waals surface area contributed by atoms with Crippen molar-refractivity contribution in [3.05, 3.63) is 209 Å². The summed E-state index contributed by atoms with van der Waals surface area (Å²) in [7, 11) is 0. The Morgan fingerprint density at radius 2 is 1.38 bits per heavy atom. The standard InChI is InChI=1S/C49H39NO2/c1-3-15-32(16-4-1)33-29-30-46-42(31-33)49(39-23-8-11-27-44(39)51-46)40-24-9-12-28-45(40)52-48-38(22-14-25-41(48)49)37-21-13-20-36-35-19-7-10-26-43(35)50(47(36)37)34-17-5-2-6-18-34/h1-20,23,25-31,35,37-38,40,43H,21-22,24H2. The summed E-state index contributed by atoms with van der Waals surface area (Å²) in [6, 6.07) is 37.6. The van der Waals surface area contributed by atoms with Crippen molar-refractivity contribution in [2.45, 2.75) is 30.7 Å². The Labute approximate surface area is 305 Å². The van der Waals surface area contributed by atoms with Crippen molar-refractivity contribution in [2.75, 3.05) is 4.90 Å². The number of hydrogen-bond donors (Lipinski definition) is 0. The van der Waals surface area contributed by atoms with Gasteiger partial charge in [0.2, 0.25) is 0 Å². The zero-order chi connectivity index (χ0) is 34.2. The van der Waals surface area contributed by atoms with E-state index in [0.717, 1.165) is 42.3 Å². The van der Waals surface area contributed by atoms with Crippen LogP contribution in [0.3, 0.4) is 0 Å². The van der Waals surface area contributed by atoms with Gasteiger partial charge in [0.1, 0.15) is 23.0 Å². The van der Waals surface area contributed by atoms with Gasteiger partial charge < -0.3 is 14.4 Å². The van der Waals surface area contributed by atoms with Crippen molar-refractivity contribution in [2.24, 2.45) is 23.7 Å². The molecule has 6 atom stereocenters. The molecule has 4 aromatic rings. The van der Waals surface area contributed by atoms with E-state index in [4.69, 9.17) is 9.47 Å². The number of hydrogen-bond acceptors (Lipinski definition) is 3.